The number of carbonyl (C=O) groups is 3. The Kier molecular flexibility index (Phi) is 16.9. The van der Waals surface area contributed by atoms with Crippen LogP contribution in [0.4, 0.5) is 4.79 Å². The molecule has 0 saturated carbocycles. The summed E-state index contributed by atoms with van der Waals surface area (Å²) in [7, 11) is -0.458. The van der Waals surface area contributed by atoms with Crippen molar-refractivity contribution in [1.82, 2.24) is 20.9 Å². The van der Waals surface area contributed by atoms with Crippen molar-refractivity contribution in [3.8, 4) is 0 Å². The van der Waals surface area contributed by atoms with E-state index >= 15 is 0 Å². The lowest BCUT2D eigenvalue weighted by molar-refractivity contribution is -0.139. The molecule has 1 heterocycles. The van der Waals surface area contributed by atoms with Gasteiger partial charge in [0.25, 0.3) is 0 Å². The Morgan fingerprint density at radius 3 is 2.17 bits per heavy atom. The molecule has 0 bridgehead atoms. The van der Waals surface area contributed by atoms with Gasteiger partial charge in [-0.2, -0.15) is 0 Å². The molecule has 4 atom stereocenters. The number of benzene rings is 2. The molecule has 9 nitrogen and oxygen atoms in total. The molecule has 290 valence electrons. The zero-order chi connectivity index (χ0) is 38.5. The van der Waals surface area contributed by atoms with Gasteiger partial charge in [-0.3, -0.25) is 9.59 Å². The molecule has 52 heavy (non-hydrogen) atoms. The molecule has 3 unspecified atom stereocenters. The molecule has 1 saturated heterocycles. The Balaban J connectivity index is 2.03. The minimum Gasteiger partial charge on any atom is -0.450 e. The van der Waals surface area contributed by atoms with Crippen LogP contribution in [0.5, 0.6) is 0 Å². The first-order chi connectivity index (χ1) is 24.5. The topological polar surface area (TPSA) is 109 Å². The van der Waals surface area contributed by atoms with Crippen LogP contribution in [-0.2, 0) is 31.6 Å². The Morgan fingerprint density at radius 1 is 0.942 bits per heavy atom. The number of nitrogens with zero attached hydrogens (tertiary/aromatic N) is 1. The maximum Gasteiger partial charge on any atom is 0.407 e. The maximum atomic E-state index is 14.7. The van der Waals surface area contributed by atoms with E-state index in [-0.39, 0.29) is 22.8 Å². The molecule has 1 fully saturated rings. The van der Waals surface area contributed by atoms with Crippen LogP contribution < -0.4 is 16.0 Å². The maximum absolute atomic E-state index is 14.7. The van der Waals surface area contributed by atoms with Crippen molar-refractivity contribution >= 4 is 26.2 Å². The molecule has 0 spiro atoms. The number of rotatable bonds is 18. The number of piperidine rings is 1. The molecular formula is C42H68N4O5Si. The fourth-order valence-electron chi connectivity index (χ4n) is 6.55. The summed E-state index contributed by atoms with van der Waals surface area (Å²) in [6.07, 6.45) is 3.82. The van der Waals surface area contributed by atoms with Crippen LogP contribution in [0.2, 0.25) is 18.1 Å². The van der Waals surface area contributed by atoms with Crippen molar-refractivity contribution in [2.24, 2.45) is 11.8 Å². The number of alkyl carbamates (subject to hydrolysis) is 1. The lowest BCUT2D eigenvalue weighted by Crippen LogP contribution is -2.56. The molecule has 2 aromatic carbocycles. The predicted molar refractivity (Wildman–Crippen MR) is 214 cm³/mol. The number of hydrogen-bond acceptors (Lipinski definition) is 6. The van der Waals surface area contributed by atoms with Gasteiger partial charge in [0, 0.05) is 25.0 Å². The van der Waals surface area contributed by atoms with Crippen LogP contribution in [0.1, 0.15) is 90.3 Å². The van der Waals surface area contributed by atoms with Crippen molar-refractivity contribution < 1.29 is 23.5 Å². The Morgan fingerprint density at radius 2 is 1.60 bits per heavy atom. The van der Waals surface area contributed by atoms with Gasteiger partial charge in [0.05, 0.1) is 18.8 Å². The monoisotopic (exact) mass is 736 g/mol. The van der Waals surface area contributed by atoms with E-state index in [0.717, 1.165) is 42.4 Å². The first kappa shape index (κ1) is 43.2. The highest BCUT2D eigenvalue weighted by molar-refractivity contribution is 6.74. The lowest BCUT2D eigenvalue weighted by Gasteiger charge is -2.42. The number of ether oxygens (including phenoxy) is 1. The number of aryl methyl sites for hydroxylation is 1. The normalized spacial score (nSPS) is 16.6. The third kappa shape index (κ3) is 13.3. The molecule has 0 aromatic heterocycles. The number of hydrogen-bond donors (Lipinski definition) is 3. The molecule has 1 aliphatic heterocycles. The molecule has 0 aliphatic carbocycles. The van der Waals surface area contributed by atoms with Crippen molar-refractivity contribution in [2.75, 3.05) is 26.7 Å². The summed E-state index contributed by atoms with van der Waals surface area (Å²) in [4.78, 5) is 43.8. The summed E-state index contributed by atoms with van der Waals surface area (Å²) in [6, 6.07) is 17.6. The van der Waals surface area contributed by atoms with Crippen LogP contribution in [-0.4, -0.2) is 82.1 Å². The SMILES string of the molecule is CCCCOC(=O)NC(Cc1ccccc1)C(CC(Cc1cccc(C)c1)C(=O)N[C@H](C(=O)N1CCC(NC)CC1)C(C)C)O[Si](C)(C)C(C)(C)C. The number of unbranched alkanes of at least 4 members (excludes halogenated alkanes) is 1. The zero-order valence-corrected chi connectivity index (χ0v) is 34.7. The van der Waals surface area contributed by atoms with E-state index in [0.29, 0.717) is 45.0 Å². The molecule has 3 amide bonds. The van der Waals surface area contributed by atoms with Gasteiger partial charge in [-0.15, -0.1) is 0 Å². The van der Waals surface area contributed by atoms with Gasteiger partial charge in [-0.05, 0) is 87.7 Å². The average molecular weight is 737 g/mol. The second kappa shape index (κ2) is 20.3. The van der Waals surface area contributed by atoms with Gasteiger partial charge >= 0.3 is 6.09 Å². The zero-order valence-electron chi connectivity index (χ0n) is 33.7. The van der Waals surface area contributed by atoms with Crippen LogP contribution >= 0.6 is 0 Å². The van der Waals surface area contributed by atoms with Crippen molar-refractivity contribution in [3.63, 3.8) is 0 Å². The van der Waals surface area contributed by atoms with E-state index < -0.39 is 38.5 Å². The highest BCUT2D eigenvalue weighted by Gasteiger charge is 2.43. The van der Waals surface area contributed by atoms with Crippen molar-refractivity contribution in [1.29, 1.82) is 0 Å². The summed E-state index contributed by atoms with van der Waals surface area (Å²) in [5.41, 5.74) is 3.21. The first-order valence-electron chi connectivity index (χ1n) is 19.5. The van der Waals surface area contributed by atoms with Crippen molar-refractivity contribution in [3.05, 3.63) is 71.3 Å². The Labute approximate surface area is 315 Å². The van der Waals surface area contributed by atoms with E-state index in [1.54, 1.807) is 0 Å². The number of nitrogens with one attached hydrogen (secondary N) is 3. The van der Waals surface area contributed by atoms with E-state index in [9.17, 15) is 14.4 Å². The smallest absolute Gasteiger partial charge is 0.407 e. The summed E-state index contributed by atoms with van der Waals surface area (Å²) >= 11 is 0. The molecular weight excluding hydrogens is 669 g/mol. The van der Waals surface area contributed by atoms with E-state index in [1.807, 2.05) is 50.1 Å². The van der Waals surface area contributed by atoms with Crippen molar-refractivity contribution in [2.45, 2.75) is 136 Å². The number of carbonyl (C=O) groups excluding carboxylic acids is 3. The quantitative estimate of drug-likeness (QED) is 0.109. The largest absolute Gasteiger partial charge is 0.450 e. The second-order valence-corrected chi connectivity index (χ2v) is 21.3. The van der Waals surface area contributed by atoms with Gasteiger partial charge in [-0.1, -0.05) is 108 Å². The molecule has 10 heteroatoms. The third-order valence-electron chi connectivity index (χ3n) is 10.9. The highest BCUT2D eigenvalue weighted by Crippen LogP contribution is 2.39. The standard InChI is InChI=1S/C42H68N4O5Si/c1-11-12-25-50-41(49)44-36(28-32-18-14-13-15-19-32)37(51-52(9,10)42(5,6)7)29-34(27-33-20-16-17-31(4)26-33)39(47)45-38(30(2)3)40(48)46-23-21-35(43-8)22-24-46/h13-20,26,30,34-38,43H,11-12,21-25,27-29H2,1-10H3,(H,44,49)(H,45,47)/t34?,36?,37?,38-/m0/s1. The van der Waals surface area contributed by atoms with Gasteiger partial charge in [0.15, 0.2) is 8.32 Å². The van der Waals surface area contributed by atoms with E-state index in [1.165, 1.54) is 0 Å². The highest BCUT2D eigenvalue weighted by atomic mass is 28.4. The summed E-state index contributed by atoms with van der Waals surface area (Å²) in [6.45, 7) is 20.8. The van der Waals surface area contributed by atoms with Crippen LogP contribution in [0.3, 0.4) is 0 Å². The first-order valence-corrected chi connectivity index (χ1v) is 22.4. The lowest BCUT2D eigenvalue weighted by atomic mass is 9.87. The summed E-state index contributed by atoms with van der Waals surface area (Å²) < 4.78 is 12.8. The number of amides is 3. The van der Waals surface area contributed by atoms with Crippen LogP contribution in [0.15, 0.2) is 54.6 Å². The molecule has 0 radical (unpaired) electrons. The molecule has 3 rings (SSSR count). The van der Waals surface area contributed by atoms with Gasteiger partial charge < -0.3 is 30.0 Å². The Bertz CT molecular complexity index is 1400. The van der Waals surface area contributed by atoms with Crippen LogP contribution in [0.25, 0.3) is 0 Å². The minimum absolute atomic E-state index is 0.0280. The summed E-state index contributed by atoms with van der Waals surface area (Å²) in [5.74, 6) is -0.828. The molecule has 3 N–H and O–H groups in total. The fraction of sp³-hybridized carbons (Fsp3) is 0.643. The summed E-state index contributed by atoms with van der Waals surface area (Å²) in [5, 5.41) is 9.63. The minimum atomic E-state index is -2.42. The third-order valence-corrected chi connectivity index (χ3v) is 15.4. The van der Waals surface area contributed by atoms with E-state index in [2.05, 4.69) is 94.0 Å². The van der Waals surface area contributed by atoms with Gasteiger partial charge in [-0.25, -0.2) is 4.79 Å². The molecule has 1 aliphatic rings. The average Bonchev–Trinajstić information content (AvgIpc) is 3.09. The van der Waals surface area contributed by atoms with E-state index in [4.69, 9.17) is 9.16 Å². The fourth-order valence-corrected chi connectivity index (χ4v) is 7.92. The predicted octanol–water partition coefficient (Wildman–Crippen LogP) is 7.42. The molecule has 2 aromatic rings. The Hall–Kier alpha value is -3.21. The van der Waals surface area contributed by atoms with Gasteiger partial charge in [0.2, 0.25) is 11.8 Å². The van der Waals surface area contributed by atoms with Crippen LogP contribution in [0, 0.1) is 18.8 Å². The number of likely N-dealkylation sites (tertiary alicyclic amines) is 1. The second-order valence-electron chi connectivity index (χ2n) is 16.6. The van der Waals surface area contributed by atoms with Gasteiger partial charge in [0.1, 0.15) is 6.04 Å².